The summed E-state index contributed by atoms with van der Waals surface area (Å²) in [6.07, 6.45) is 9.81. The number of rotatable bonds is 12. The molecule has 0 N–H and O–H groups in total. The largest absolute Gasteiger partial charge is 0.383 e. The van der Waals surface area contributed by atoms with Crippen LogP contribution in [0.2, 0.25) is 0 Å². The first-order valence-electron chi connectivity index (χ1n) is 15.8. The number of fused-ring (bicyclic) bond motifs is 1. The third-order valence-electron chi connectivity index (χ3n) is 8.99. The number of ether oxygens (including phenoxy) is 1. The van der Waals surface area contributed by atoms with Gasteiger partial charge in [-0.2, -0.15) is 5.10 Å². The molecular formula is C32H48N8O2. The Kier molecular flexibility index (Phi) is 10.4. The topological polar surface area (TPSA) is 92.5 Å². The first kappa shape index (κ1) is 30.4. The summed E-state index contributed by atoms with van der Waals surface area (Å²) in [4.78, 5) is 34.3. The number of aryl methyl sites for hydroxylation is 1. The number of carbonyl (C=O) groups is 1. The summed E-state index contributed by atoms with van der Waals surface area (Å²) < 4.78 is 7.22. The van der Waals surface area contributed by atoms with Gasteiger partial charge in [0.05, 0.1) is 30.4 Å². The van der Waals surface area contributed by atoms with Crippen molar-refractivity contribution in [1.29, 1.82) is 0 Å². The molecule has 0 radical (unpaired) electrons. The Labute approximate surface area is 250 Å². The Morgan fingerprint density at radius 3 is 2.55 bits per heavy atom. The highest BCUT2D eigenvalue weighted by Crippen LogP contribution is 2.32. The Morgan fingerprint density at radius 1 is 1.07 bits per heavy atom. The van der Waals surface area contributed by atoms with Gasteiger partial charge in [-0.05, 0) is 64.0 Å². The molecule has 4 heterocycles. The van der Waals surface area contributed by atoms with E-state index in [0.717, 1.165) is 113 Å². The van der Waals surface area contributed by atoms with Crippen molar-refractivity contribution < 1.29 is 9.53 Å². The van der Waals surface area contributed by atoms with Crippen LogP contribution in [0.5, 0.6) is 0 Å². The molecule has 0 spiro atoms. The molecule has 228 valence electrons. The lowest BCUT2D eigenvalue weighted by atomic mass is 9.81. The van der Waals surface area contributed by atoms with Crippen LogP contribution in [0, 0.1) is 11.8 Å². The fraction of sp³-hybridized carbons (Fsp3) is 0.656. The van der Waals surface area contributed by atoms with E-state index in [1.54, 1.807) is 13.4 Å². The van der Waals surface area contributed by atoms with Crippen LogP contribution in [0.25, 0.3) is 11.0 Å². The normalized spacial score (nSPS) is 19.8. The number of piperazine rings is 1. The Hall–Kier alpha value is -3.11. The van der Waals surface area contributed by atoms with Crippen molar-refractivity contribution >= 4 is 22.8 Å². The van der Waals surface area contributed by atoms with Gasteiger partial charge in [0.15, 0.2) is 5.65 Å². The van der Waals surface area contributed by atoms with Gasteiger partial charge >= 0.3 is 0 Å². The molecule has 2 aliphatic rings. The Morgan fingerprint density at radius 2 is 1.83 bits per heavy atom. The number of hydrogen-bond acceptors (Lipinski definition) is 8. The van der Waals surface area contributed by atoms with Gasteiger partial charge < -0.3 is 14.5 Å². The van der Waals surface area contributed by atoms with Crippen molar-refractivity contribution in [3.8, 4) is 0 Å². The molecule has 1 aliphatic carbocycles. The zero-order valence-corrected chi connectivity index (χ0v) is 25.9. The van der Waals surface area contributed by atoms with Gasteiger partial charge in [0.1, 0.15) is 12.1 Å². The second-order valence-corrected chi connectivity index (χ2v) is 12.2. The lowest BCUT2D eigenvalue weighted by molar-refractivity contribution is -0.137. The summed E-state index contributed by atoms with van der Waals surface area (Å²) in [5, 5.41) is 5.59. The molecule has 10 nitrogen and oxygen atoms in total. The second kappa shape index (κ2) is 14.4. The molecule has 2 fully saturated rings. The third-order valence-corrected chi connectivity index (χ3v) is 8.99. The fourth-order valence-electron chi connectivity index (χ4n) is 6.50. The zero-order chi connectivity index (χ0) is 29.5. The van der Waals surface area contributed by atoms with Crippen LogP contribution >= 0.6 is 0 Å². The Bertz CT molecular complexity index is 1290. The summed E-state index contributed by atoms with van der Waals surface area (Å²) in [5.74, 6) is 2.07. The van der Waals surface area contributed by atoms with Crippen molar-refractivity contribution in [2.75, 3.05) is 57.9 Å². The number of carbonyl (C=O) groups excluding carboxylic acids is 1. The quantitative estimate of drug-likeness (QED) is 0.319. The van der Waals surface area contributed by atoms with E-state index in [1.165, 1.54) is 0 Å². The third kappa shape index (κ3) is 7.26. The van der Waals surface area contributed by atoms with Crippen molar-refractivity contribution in [2.24, 2.45) is 11.8 Å². The van der Waals surface area contributed by atoms with E-state index in [2.05, 4.69) is 62.7 Å². The minimum Gasteiger partial charge on any atom is -0.383 e. The van der Waals surface area contributed by atoms with Gasteiger partial charge in [-0.1, -0.05) is 19.4 Å². The maximum atomic E-state index is 13.5. The molecule has 42 heavy (non-hydrogen) atoms. The maximum Gasteiger partial charge on any atom is 0.225 e. The van der Waals surface area contributed by atoms with E-state index in [4.69, 9.17) is 9.72 Å². The highest BCUT2D eigenvalue weighted by Gasteiger charge is 2.32. The van der Waals surface area contributed by atoms with Gasteiger partial charge in [-0.15, -0.1) is 0 Å². The van der Waals surface area contributed by atoms with Gasteiger partial charge in [0.2, 0.25) is 5.91 Å². The van der Waals surface area contributed by atoms with Crippen molar-refractivity contribution in [1.82, 2.24) is 34.5 Å². The predicted molar refractivity (Wildman–Crippen MR) is 165 cm³/mol. The molecule has 5 rings (SSSR count). The van der Waals surface area contributed by atoms with Crippen molar-refractivity contribution in [2.45, 2.75) is 71.9 Å². The van der Waals surface area contributed by atoms with Gasteiger partial charge in [0.25, 0.3) is 0 Å². The summed E-state index contributed by atoms with van der Waals surface area (Å²) >= 11 is 0. The molecule has 10 heteroatoms. The zero-order valence-electron chi connectivity index (χ0n) is 25.9. The van der Waals surface area contributed by atoms with Crippen LogP contribution in [0.1, 0.15) is 64.3 Å². The second-order valence-electron chi connectivity index (χ2n) is 12.2. The van der Waals surface area contributed by atoms with Crippen molar-refractivity contribution in [3.05, 3.63) is 42.1 Å². The molecule has 3 aromatic heterocycles. The molecule has 1 saturated heterocycles. The number of methoxy groups -OCH3 is 1. The first-order valence-corrected chi connectivity index (χ1v) is 15.8. The van der Waals surface area contributed by atoms with Crippen LogP contribution in [0.3, 0.4) is 0 Å². The Balaban J connectivity index is 1.15. The maximum absolute atomic E-state index is 13.5. The smallest absolute Gasteiger partial charge is 0.225 e. The number of anilines is 1. The molecule has 1 amide bonds. The number of aromatic nitrogens is 5. The van der Waals surface area contributed by atoms with E-state index in [0.29, 0.717) is 24.4 Å². The standard InChI is InChI=1S/C32H48N8O2/c1-5-7-27-8-6-9-28(36-27)22-40-31-29(20-35-40)30(33-23-34-31)37-14-16-38(17-15-37)32(41)26-12-10-25(11-13-26)21-39(24(2)3)18-19-42-4/h6,8-9,20,23-26H,5,7,10-19,21-22H2,1-4H3/t25-,26-. The van der Waals surface area contributed by atoms with Crippen LogP contribution in [-0.4, -0.2) is 99.5 Å². The van der Waals surface area contributed by atoms with Crippen LogP contribution in [-0.2, 0) is 22.5 Å². The molecule has 1 saturated carbocycles. The van der Waals surface area contributed by atoms with Gasteiger partial charge in [-0.25, -0.2) is 14.6 Å². The lowest BCUT2D eigenvalue weighted by Crippen LogP contribution is -2.51. The fourth-order valence-corrected chi connectivity index (χ4v) is 6.50. The SMILES string of the molecule is CCCc1cccc(Cn2ncc3c(N4CCN(C(=O)[C@H]5CC[C@H](CN(CCOC)C(C)C)CC5)CC4)ncnc32)n1. The summed E-state index contributed by atoms with van der Waals surface area (Å²) in [6.45, 7) is 13.1. The lowest BCUT2D eigenvalue weighted by Gasteiger charge is -2.39. The first-order chi connectivity index (χ1) is 20.5. The molecule has 1 aliphatic heterocycles. The highest BCUT2D eigenvalue weighted by molar-refractivity contribution is 5.87. The summed E-state index contributed by atoms with van der Waals surface area (Å²) in [7, 11) is 1.77. The summed E-state index contributed by atoms with van der Waals surface area (Å²) in [6, 6.07) is 6.70. The number of pyridine rings is 1. The molecule has 0 aromatic carbocycles. The van der Waals surface area contributed by atoms with E-state index < -0.39 is 0 Å². The van der Waals surface area contributed by atoms with E-state index in [-0.39, 0.29) is 5.92 Å². The average molecular weight is 577 g/mol. The summed E-state index contributed by atoms with van der Waals surface area (Å²) in [5.41, 5.74) is 2.91. The van der Waals surface area contributed by atoms with E-state index >= 15 is 0 Å². The number of hydrogen-bond donors (Lipinski definition) is 0. The number of nitrogens with zero attached hydrogens (tertiary/aromatic N) is 8. The van der Waals surface area contributed by atoms with E-state index in [1.807, 2.05) is 16.9 Å². The molecule has 0 unspecified atom stereocenters. The molecule has 0 bridgehead atoms. The minimum atomic E-state index is 0.160. The van der Waals surface area contributed by atoms with Gasteiger partial charge in [0, 0.05) is 64.0 Å². The average Bonchev–Trinajstić information content (AvgIpc) is 3.42. The number of amides is 1. The monoisotopic (exact) mass is 576 g/mol. The van der Waals surface area contributed by atoms with Crippen LogP contribution in [0.4, 0.5) is 5.82 Å². The van der Waals surface area contributed by atoms with Crippen molar-refractivity contribution in [3.63, 3.8) is 0 Å². The molecule has 0 atom stereocenters. The highest BCUT2D eigenvalue weighted by atomic mass is 16.5. The molecule has 3 aromatic rings. The van der Waals surface area contributed by atoms with E-state index in [9.17, 15) is 4.79 Å². The van der Waals surface area contributed by atoms with Crippen LogP contribution in [0.15, 0.2) is 30.7 Å². The predicted octanol–water partition coefficient (Wildman–Crippen LogP) is 4.03. The van der Waals surface area contributed by atoms with Crippen LogP contribution < -0.4 is 4.90 Å². The van der Waals surface area contributed by atoms with Gasteiger partial charge in [-0.3, -0.25) is 14.7 Å². The minimum absolute atomic E-state index is 0.160. The molecular weight excluding hydrogens is 528 g/mol.